The molecule has 8 nitrogen and oxygen atoms in total. The molecule has 0 aliphatic rings. The lowest BCUT2D eigenvalue weighted by molar-refractivity contribution is 0.0697. The number of urea groups is 1. The first-order valence-electron chi connectivity index (χ1n) is 11.4. The predicted molar refractivity (Wildman–Crippen MR) is 149 cm³/mol. The molecule has 0 atom stereocenters. The van der Waals surface area contributed by atoms with Crippen molar-refractivity contribution in [3.8, 4) is 22.3 Å². The summed E-state index contributed by atoms with van der Waals surface area (Å²) in [6.45, 7) is 0.397. The number of benzene rings is 3. The zero-order valence-electron chi connectivity index (χ0n) is 19.6. The van der Waals surface area contributed by atoms with Crippen LogP contribution < -0.4 is 22.1 Å². The van der Waals surface area contributed by atoms with Crippen molar-refractivity contribution in [2.24, 2.45) is 5.73 Å². The Balaban J connectivity index is 1.38. The van der Waals surface area contributed by atoms with Crippen molar-refractivity contribution in [3.63, 3.8) is 0 Å². The van der Waals surface area contributed by atoms with Crippen molar-refractivity contribution in [3.05, 3.63) is 95.5 Å². The average Bonchev–Trinajstić information content (AvgIpc) is 3.36. The molecule has 0 aliphatic carbocycles. The Morgan fingerprint density at radius 2 is 1.57 bits per heavy atom. The minimum atomic E-state index is -0.971. The third-order valence-corrected chi connectivity index (χ3v) is 6.96. The summed E-state index contributed by atoms with van der Waals surface area (Å²) < 4.78 is 0.965. The second-order valence-corrected chi connectivity index (χ2v) is 9.23. The van der Waals surface area contributed by atoms with Crippen molar-refractivity contribution in [1.82, 2.24) is 4.98 Å². The number of carbonyl (C=O) groups excluding carboxylic acids is 1. The predicted octanol–water partition coefficient (Wildman–Crippen LogP) is 6.01. The molecule has 0 saturated heterocycles. The highest BCUT2D eigenvalue weighted by Crippen LogP contribution is 2.41. The number of hydrogen-bond acceptors (Lipinski definition) is 6. The number of fused-ring (bicyclic) bond motifs is 1. The van der Waals surface area contributed by atoms with Gasteiger partial charge in [0.15, 0.2) is 0 Å². The summed E-state index contributed by atoms with van der Waals surface area (Å²) in [5.41, 5.74) is 18.0. The van der Waals surface area contributed by atoms with Crippen LogP contribution in [-0.4, -0.2) is 22.1 Å². The van der Waals surface area contributed by atoms with Gasteiger partial charge < -0.3 is 27.2 Å². The number of nitrogens with two attached hydrogens (primary N) is 2. The molecule has 2 aromatic heterocycles. The number of anilines is 3. The molecule has 2 amide bonds. The lowest BCUT2D eigenvalue weighted by atomic mass is 10.0. The molecule has 0 unspecified atom stereocenters. The number of nitrogen functional groups attached to an aromatic ring is 1. The summed E-state index contributed by atoms with van der Waals surface area (Å²) in [6, 6.07) is 21.2. The highest BCUT2D eigenvalue weighted by molar-refractivity contribution is 7.18. The lowest BCUT2D eigenvalue weighted by Gasteiger charge is -2.10. The van der Waals surface area contributed by atoms with E-state index in [1.165, 1.54) is 0 Å². The number of aromatic nitrogens is 1. The second kappa shape index (κ2) is 10.1. The standard InChI is InChI=1S/C28H23N5O3S/c29-13-16-2-1-3-21(12-16)33-28(36)32-20-10-8-18(9-11-20)23-15-37-25-22(14-31-26(30)24(23)25)17-4-6-19(7-5-17)27(34)35/h1-12,14-15H,13,29H2,(H2,30,31)(H,34,35)(H2,32,33,36). The Bertz CT molecular complexity index is 1610. The Labute approximate surface area is 216 Å². The third kappa shape index (κ3) is 4.99. The van der Waals surface area contributed by atoms with Crippen molar-refractivity contribution in [2.45, 2.75) is 6.54 Å². The van der Waals surface area contributed by atoms with Crippen molar-refractivity contribution in [2.75, 3.05) is 16.4 Å². The van der Waals surface area contributed by atoms with Gasteiger partial charge in [-0.2, -0.15) is 0 Å². The van der Waals surface area contributed by atoms with Gasteiger partial charge in [-0.3, -0.25) is 0 Å². The third-order valence-electron chi connectivity index (χ3n) is 5.94. The van der Waals surface area contributed by atoms with Gasteiger partial charge in [-0.05, 0) is 58.5 Å². The van der Waals surface area contributed by atoms with Gasteiger partial charge in [0.2, 0.25) is 0 Å². The van der Waals surface area contributed by atoms with Gasteiger partial charge in [0.1, 0.15) is 5.82 Å². The number of nitrogens with one attached hydrogen (secondary N) is 2. The number of rotatable bonds is 6. The number of aromatic carboxylic acids is 1. The number of nitrogens with zero attached hydrogens (tertiary/aromatic N) is 1. The van der Waals surface area contributed by atoms with E-state index in [1.54, 1.807) is 47.9 Å². The van der Waals surface area contributed by atoms with Crippen LogP contribution in [0.15, 0.2) is 84.4 Å². The lowest BCUT2D eigenvalue weighted by Crippen LogP contribution is -2.19. The molecular formula is C28H23N5O3S. The summed E-state index contributed by atoms with van der Waals surface area (Å²) in [5, 5.41) is 17.7. The average molecular weight is 510 g/mol. The van der Waals surface area contributed by atoms with Gasteiger partial charge in [0, 0.05) is 45.3 Å². The first-order chi connectivity index (χ1) is 17.9. The molecule has 7 N–H and O–H groups in total. The van der Waals surface area contributed by atoms with Crippen LogP contribution in [0.2, 0.25) is 0 Å². The van der Waals surface area contributed by atoms with E-state index in [1.807, 2.05) is 47.8 Å². The number of amides is 2. The van der Waals surface area contributed by atoms with Gasteiger partial charge in [-0.25, -0.2) is 14.6 Å². The van der Waals surface area contributed by atoms with E-state index in [0.29, 0.717) is 23.7 Å². The van der Waals surface area contributed by atoms with Gasteiger partial charge in [-0.15, -0.1) is 11.3 Å². The largest absolute Gasteiger partial charge is 0.478 e. The summed E-state index contributed by atoms with van der Waals surface area (Å²) >= 11 is 1.55. The minimum absolute atomic E-state index is 0.224. The Hall–Kier alpha value is -4.73. The second-order valence-electron chi connectivity index (χ2n) is 8.35. The summed E-state index contributed by atoms with van der Waals surface area (Å²) in [7, 11) is 0. The maximum absolute atomic E-state index is 12.4. The van der Waals surface area contributed by atoms with Crippen LogP contribution in [0.4, 0.5) is 22.0 Å². The number of carboxylic acid groups (broad SMARTS) is 1. The zero-order chi connectivity index (χ0) is 25.9. The first-order valence-corrected chi connectivity index (χ1v) is 12.3. The van der Waals surface area contributed by atoms with Crippen LogP contribution >= 0.6 is 11.3 Å². The van der Waals surface area contributed by atoms with Crippen LogP contribution in [0, 0.1) is 0 Å². The van der Waals surface area contributed by atoms with E-state index < -0.39 is 5.97 Å². The van der Waals surface area contributed by atoms with Crippen molar-refractivity contribution >= 4 is 50.6 Å². The van der Waals surface area contributed by atoms with Crippen LogP contribution in [0.3, 0.4) is 0 Å². The molecule has 5 aromatic rings. The number of carboxylic acids is 1. The molecule has 0 bridgehead atoms. The Kier molecular flexibility index (Phi) is 6.55. The van der Waals surface area contributed by atoms with Crippen LogP contribution in [0.25, 0.3) is 32.3 Å². The minimum Gasteiger partial charge on any atom is -0.478 e. The summed E-state index contributed by atoms with van der Waals surface area (Å²) in [6.07, 6.45) is 1.71. The molecule has 184 valence electrons. The van der Waals surface area contributed by atoms with E-state index in [-0.39, 0.29) is 11.6 Å². The van der Waals surface area contributed by atoms with Gasteiger partial charge >= 0.3 is 12.0 Å². The molecule has 0 radical (unpaired) electrons. The van der Waals surface area contributed by atoms with E-state index in [2.05, 4.69) is 15.6 Å². The van der Waals surface area contributed by atoms with Crippen LogP contribution in [0.5, 0.6) is 0 Å². The fourth-order valence-electron chi connectivity index (χ4n) is 4.08. The zero-order valence-corrected chi connectivity index (χ0v) is 20.4. The molecule has 0 aliphatic heterocycles. The number of carbonyl (C=O) groups is 2. The molecular weight excluding hydrogens is 486 g/mol. The molecule has 3 aromatic carbocycles. The summed E-state index contributed by atoms with van der Waals surface area (Å²) in [4.78, 5) is 28.0. The topological polar surface area (TPSA) is 143 Å². The monoisotopic (exact) mass is 509 g/mol. The maximum atomic E-state index is 12.4. The maximum Gasteiger partial charge on any atom is 0.335 e. The molecule has 0 fully saturated rings. The van der Waals surface area contributed by atoms with E-state index in [0.717, 1.165) is 37.9 Å². The van der Waals surface area contributed by atoms with Crippen molar-refractivity contribution < 1.29 is 14.7 Å². The number of thiophene rings is 1. The highest BCUT2D eigenvalue weighted by atomic mass is 32.1. The van der Waals surface area contributed by atoms with Gasteiger partial charge in [-0.1, -0.05) is 36.4 Å². The smallest absolute Gasteiger partial charge is 0.335 e. The van der Waals surface area contributed by atoms with E-state index in [9.17, 15) is 14.7 Å². The molecule has 0 spiro atoms. The van der Waals surface area contributed by atoms with Crippen LogP contribution in [-0.2, 0) is 6.54 Å². The quantitative estimate of drug-likeness (QED) is 0.190. The molecule has 2 heterocycles. The molecule has 5 rings (SSSR count). The van der Waals surface area contributed by atoms with E-state index >= 15 is 0 Å². The van der Waals surface area contributed by atoms with Crippen LogP contribution in [0.1, 0.15) is 15.9 Å². The summed E-state index contributed by atoms with van der Waals surface area (Å²) in [5.74, 6) is -0.555. The van der Waals surface area contributed by atoms with Gasteiger partial charge in [0.05, 0.1) is 5.56 Å². The molecule has 0 saturated carbocycles. The highest BCUT2D eigenvalue weighted by Gasteiger charge is 2.16. The SMILES string of the molecule is NCc1cccc(NC(=O)Nc2ccc(-c3csc4c(-c5ccc(C(=O)O)cc5)cnc(N)c34)cc2)c1. The molecule has 37 heavy (non-hydrogen) atoms. The fraction of sp³-hybridized carbons (Fsp3) is 0.0357. The molecule has 9 heteroatoms. The Morgan fingerprint density at radius 1 is 0.892 bits per heavy atom. The van der Waals surface area contributed by atoms with Crippen molar-refractivity contribution in [1.29, 1.82) is 0 Å². The normalized spacial score (nSPS) is 10.8. The van der Waals surface area contributed by atoms with Gasteiger partial charge in [0.25, 0.3) is 0 Å². The number of hydrogen-bond donors (Lipinski definition) is 5. The number of pyridine rings is 1. The Morgan fingerprint density at radius 3 is 2.27 bits per heavy atom. The van der Waals surface area contributed by atoms with E-state index in [4.69, 9.17) is 11.5 Å². The fourth-order valence-corrected chi connectivity index (χ4v) is 5.20. The first kappa shape index (κ1) is 24.0.